The maximum absolute atomic E-state index is 12.4. The van der Waals surface area contributed by atoms with E-state index in [9.17, 15) is 9.59 Å². The fourth-order valence-corrected chi connectivity index (χ4v) is 3.63. The number of primary amides is 1. The quantitative estimate of drug-likeness (QED) is 0.775. The highest BCUT2D eigenvalue weighted by molar-refractivity contribution is 5.79. The third-order valence-corrected chi connectivity index (χ3v) is 5.50. The summed E-state index contributed by atoms with van der Waals surface area (Å²) in [5.74, 6) is -0.0822. The summed E-state index contributed by atoms with van der Waals surface area (Å²) in [5, 5.41) is 4.67. The van der Waals surface area contributed by atoms with E-state index in [1.807, 2.05) is 16.5 Å². The van der Waals surface area contributed by atoms with Crippen molar-refractivity contribution in [3.05, 3.63) is 17.5 Å². The number of aryl methyl sites for hydroxylation is 2. The third-order valence-electron chi connectivity index (χ3n) is 5.50. The van der Waals surface area contributed by atoms with E-state index in [0.29, 0.717) is 19.4 Å². The molecular weight excluding hydrogens is 332 g/mol. The number of fused-ring (bicyclic) bond motifs is 1. The molecule has 0 aromatic carbocycles. The number of aromatic nitrogens is 2. The summed E-state index contributed by atoms with van der Waals surface area (Å²) < 4.78 is 2.02. The van der Waals surface area contributed by atoms with E-state index in [1.54, 1.807) is 0 Å². The monoisotopic (exact) mass is 362 g/mol. The van der Waals surface area contributed by atoms with Crippen LogP contribution in [-0.2, 0) is 29.1 Å². The second-order valence-electron chi connectivity index (χ2n) is 7.44. The molecule has 26 heavy (non-hydrogen) atoms. The van der Waals surface area contributed by atoms with Crippen molar-refractivity contribution in [2.24, 2.45) is 5.73 Å². The first kappa shape index (κ1) is 18.8. The maximum Gasteiger partial charge on any atom is 0.234 e. The Bertz CT molecular complexity index is 650. The van der Waals surface area contributed by atoms with Gasteiger partial charge in [0.15, 0.2) is 0 Å². The Balaban J connectivity index is 1.57. The van der Waals surface area contributed by atoms with E-state index in [2.05, 4.69) is 28.0 Å². The summed E-state index contributed by atoms with van der Waals surface area (Å²) in [6.45, 7) is 7.71. The molecule has 0 radical (unpaired) electrons. The fourth-order valence-electron chi connectivity index (χ4n) is 3.63. The zero-order valence-corrected chi connectivity index (χ0v) is 15.9. The Hall–Kier alpha value is -1.93. The van der Waals surface area contributed by atoms with Crippen LogP contribution in [0.25, 0.3) is 0 Å². The van der Waals surface area contributed by atoms with Gasteiger partial charge in [0.1, 0.15) is 0 Å². The molecule has 0 aliphatic carbocycles. The van der Waals surface area contributed by atoms with Crippen LogP contribution in [0.2, 0.25) is 0 Å². The molecular formula is C18H30N6O2. The number of rotatable bonds is 5. The van der Waals surface area contributed by atoms with Crippen molar-refractivity contribution in [3.63, 3.8) is 0 Å². The van der Waals surface area contributed by atoms with Crippen molar-refractivity contribution in [2.75, 3.05) is 39.8 Å². The summed E-state index contributed by atoms with van der Waals surface area (Å²) in [6.07, 6.45) is 2.10. The predicted octanol–water partition coefficient (Wildman–Crippen LogP) is -0.331. The fraction of sp³-hybridized carbons (Fsp3) is 0.722. The maximum atomic E-state index is 12.4. The average Bonchev–Trinajstić information content (AvgIpc) is 2.89. The lowest BCUT2D eigenvalue weighted by molar-refractivity contribution is -0.132. The first-order valence-electron chi connectivity index (χ1n) is 9.49. The zero-order valence-electron chi connectivity index (χ0n) is 15.9. The molecule has 1 aromatic rings. The van der Waals surface area contributed by atoms with Crippen LogP contribution in [0, 0.1) is 0 Å². The molecule has 2 N–H and O–H groups in total. The lowest BCUT2D eigenvalue weighted by atomic mass is 10.2. The smallest absolute Gasteiger partial charge is 0.234 e. The molecule has 1 saturated heterocycles. The summed E-state index contributed by atoms with van der Waals surface area (Å²) in [4.78, 5) is 30.2. The summed E-state index contributed by atoms with van der Waals surface area (Å²) in [6, 6.07) is 1.79. The molecule has 3 heterocycles. The van der Waals surface area contributed by atoms with Gasteiger partial charge < -0.3 is 15.5 Å². The number of piperazine rings is 1. The first-order chi connectivity index (χ1) is 12.4. The second-order valence-corrected chi connectivity index (χ2v) is 7.44. The van der Waals surface area contributed by atoms with Gasteiger partial charge in [-0.3, -0.25) is 19.2 Å². The van der Waals surface area contributed by atoms with E-state index >= 15 is 0 Å². The molecule has 2 amide bonds. The van der Waals surface area contributed by atoms with E-state index in [1.165, 1.54) is 0 Å². The van der Waals surface area contributed by atoms with Gasteiger partial charge in [-0.05, 0) is 26.5 Å². The summed E-state index contributed by atoms with van der Waals surface area (Å²) >= 11 is 0. The number of nitrogens with two attached hydrogens (primary N) is 1. The standard InChI is InChI=1S/C18H30N6O2/c1-14(18(19)26)23-6-3-7-24-16(13-23)12-15(20-24)4-5-17(25)22-10-8-21(2)9-11-22/h12,14H,3-11,13H2,1-2H3,(H2,19,26)/t14-/m0/s1. The minimum Gasteiger partial charge on any atom is -0.368 e. The normalized spacial score (nSPS) is 20.5. The molecule has 0 spiro atoms. The van der Waals surface area contributed by atoms with Crippen LogP contribution in [0.1, 0.15) is 31.2 Å². The van der Waals surface area contributed by atoms with Gasteiger partial charge in [0.05, 0.1) is 17.4 Å². The van der Waals surface area contributed by atoms with Crippen LogP contribution in [0.5, 0.6) is 0 Å². The predicted molar refractivity (Wildman–Crippen MR) is 98.3 cm³/mol. The molecule has 1 fully saturated rings. The lowest BCUT2D eigenvalue weighted by Gasteiger charge is -2.32. The summed E-state index contributed by atoms with van der Waals surface area (Å²) in [5.41, 5.74) is 7.51. The number of likely N-dealkylation sites (N-methyl/N-ethyl adjacent to an activating group) is 1. The highest BCUT2D eigenvalue weighted by Crippen LogP contribution is 2.17. The highest BCUT2D eigenvalue weighted by atomic mass is 16.2. The van der Waals surface area contributed by atoms with Gasteiger partial charge in [0.2, 0.25) is 11.8 Å². The minimum absolute atomic E-state index is 0.213. The van der Waals surface area contributed by atoms with Gasteiger partial charge >= 0.3 is 0 Å². The van der Waals surface area contributed by atoms with Gasteiger partial charge in [0.25, 0.3) is 0 Å². The Morgan fingerprint density at radius 2 is 1.92 bits per heavy atom. The number of carbonyl (C=O) groups excluding carboxylic acids is 2. The highest BCUT2D eigenvalue weighted by Gasteiger charge is 2.24. The van der Waals surface area contributed by atoms with E-state index in [-0.39, 0.29) is 17.9 Å². The van der Waals surface area contributed by atoms with Crippen molar-refractivity contribution in [1.29, 1.82) is 0 Å². The molecule has 1 atom stereocenters. The molecule has 3 rings (SSSR count). The number of hydrogen-bond donors (Lipinski definition) is 1. The molecule has 2 aliphatic rings. The van der Waals surface area contributed by atoms with Crippen LogP contribution in [0.15, 0.2) is 6.07 Å². The minimum atomic E-state index is -0.295. The number of carbonyl (C=O) groups is 2. The number of nitrogens with zero attached hydrogens (tertiary/aromatic N) is 5. The van der Waals surface area contributed by atoms with Crippen LogP contribution < -0.4 is 5.73 Å². The van der Waals surface area contributed by atoms with Crippen molar-refractivity contribution in [3.8, 4) is 0 Å². The van der Waals surface area contributed by atoms with Crippen molar-refractivity contribution >= 4 is 11.8 Å². The van der Waals surface area contributed by atoms with Crippen LogP contribution in [0.4, 0.5) is 0 Å². The molecule has 0 bridgehead atoms. The lowest BCUT2D eigenvalue weighted by Crippen LogP contribution is -2.47. The van der Waals surface area contributed by atoms with Crippen molar-refractivity contribution in [1.82, 2.24) is 24.5 Å². The molecule has 2 aliphatic heterocycles. The Labute approximate surface area is 154 Å². The molecule has 8 nitrogen and oxygen atoms in total. The third kappa shape index (κ3) is 4.42. The van der Waals surface area contributed by atoms with Crippen LogP contribution in [0.3, 0.4) is 0 Å². The molecule has 0 saturated carbocycles. The van der Waals surface area contributed by atoms with Crippen LogP contribution >= 0.6 is 0 Å². The zero-order chi connectivity index (χ0) is 18.7. The SMILES string of the molecule is C[C@@H](C(N)=O)N1CCCn2nc(CCC(=O)N3CCN(C)CC3)cc2C1. The van der Waals surface area contributed by atoms with Gasteiger partial charge in [0, 0.05) is 58.7 Å². The largest absolute Gasteiger partial charge is 0.368 e. The van der Waals surface area contributed by atoms with E-state index in [4.69, 9.17) is 5.73 Å². The number of amides is 2. The molecule has 1 aromatic heterocycles. The molecule has 144 valence electrons. The van der Waals surface area contributed by atoms with Gasteiger partial charge in [-0.15, -0.1) is 0 Å². The van der Waals surface area contributed by atoms with Crippen molar-refractivity contribution < 1.29 is 9.59 Å². The Morgan fingerprint density at radius 1 is 1.19 bits per heavy atom. The average molecular weight is 362 g/mol. The Kier molecular flexibility index (Phi) is 5.93. The van der Waals surface area contributed by atoms with Gasteiger partial charge in [-0.1, -0.05) is 0 Å². The topological polar surface area (TPSA) is 87.7 Å². The molecule has 0 unspecified atom stereocenters. The van der Waals surface area contributed by atoms with E-state index < -0.39 is 0 Å². The van der Waals surface area contributed by atoms with E-state index in [0.717, 1.165) is 57.1 Å². The number of hydrogen-bond acceptors (Lipinski definition) is 5. The summed E-state index contributed by atoms with van der Waals surface area (Å²) in [7, 11) is 2.09. The van der Waals surface area contributed by atoms with Crippen molar-refractivity contribution in [2.45, 2.75) is 45.3 Å². The van der Waals surface area contributed by atoms with Gasteiger partial charge in [-0.2, -0.15) is 5.10 Å². The Morgan fingerprint density at radius 3 is 2.62 bits per heavy atom. The first-order valence-corrected chi connectivity index (χ1v) is 9.49. The second kappa shape index (κ2) is 8.18. The van der Waals surface area contributed by atoms with Gasteiger partial charge in [-0.25, -0.2) is 0 Å². The van der Waals surface area contributed by atoms with Crippen LogP contribution in [-0.4, -0.2) is 82.1 Å². The molecule has 8 heteroatoms.